The summed E-state index contributed by atoms with van der Waals surface area (Å²) in [5, 5.41) is 21.5. The van der Waals surface area contributed by atoms with Gasteiger partial charge < -0.3 is 15.2 Å². The fourth-order valence-electron chi connectivity index (χ4n) is 3.67. The summed E-state index contributed by atoms with van der Waals surface area (Å²) in [4.78, 5) is 2.97. The largest absolute Gasteiger partial charge is 0.508 e. The summed E-state index contributed by atoms with van der Waals surface area (Å²) in [5.41, 5.74) is -1.70. The highest BCUT2D eigenvalue weighted by atomic mass is 19.4. The van der Waals surface area contributed by atoms with E-state index in [-0.39, 0.29) is 5.75 Å². The Morgan fingerprint density at radius 2 is 1.68 bits per heavy atom. The van der Waals surface area contributed by atoms with Crippen molar-refractivity contribution in [1.29, 1.82) is 0 Å². The van der Waals surface area contributed by atoms with Crippen molar-refractivity contribution in [2.75, 3.05) is 0 Å². The molecule has 0 aliphatic carbocycles. The summed E-state index contributed by atoms with van der Waals surface area (Å²) >= 11 is 0. The Bertz CT molecular complexity index is 958. The van der Waals surface area contributed by atoms with Crippen LogP contribution in [-0.2, 0) is 11.8 Å². The number of aryl methyl sites for hydroxylation is 1. The van der Waals surface area contributed by atoms with Crippen molar-refractivity contribution in [2.45, 2.75) is 50.8 Å². The average Bonchev–Trinajstić information content (AvgIpc) is 2.97. The molecule has 3 aromatic rings. The second-order valence-corrected chi connectivity index (χ2v) is 8.15. The van der Waals surface area contributed by atoms with E-state index in [4.69, 9.17) is 0 Å². The lowest BCUT2D eigenvalue weighted by Gasteiger charge is -2.38. The number of hydrogen-bond donors (Lipinski definition) is 3. The lowest BCUT2D eigenvalue weighted by atomic mass is 9.73. The smallest absolute Gasteiger partial charge is 0.417 e. The summed E-state index contributed by atoms with van der Waals surface area (Å²) < 4.78 is 41.8. The zero-order chi connectivity index (χ0) is 20.7. The Morgan fingerprint density at radius 3 is 2.29 bits per heavy atom. The number of benzene rings is 2. The van der Waals surface area contributed by atoms with Gasteiger partial charge in [-0.25, -0.2) is 0 Å². The topological polar surface area (TPSA) is 56.2 Å². The molecule has 3 N–H and O–H groups in total. The van der Waals surface area contributed by atoms with Crippen LogP contribution in [0.25, 0.3) is 10.9 Å². The number of aromatic amines is 1. The highest BCUT2D eigenvalue weighted by Crippen LogP contribution is 2.43. The Morgan fingerprint density at radius 1 is 1.00 bits per heavy atom. The van der Waals surface area contributed by atoms with E-state index in [2.05, 4.69) is 4.98 Å². The number of alkyl halides is 3. The molecule has 0 amide bonds. The fourth-order valence-corrected chi connectivity index (χ4v) is 3.67. The van der Waals surface area contributed by atoms with Gasteiger partial charge in [0, 0.05) is 17.6 Å². The van der Waals surface area contributed by atoms with Crippen LogP contribution in [0.2, 0.25) is 0 Å². The lowest BCUT2D eigenvalue weighted by Crippen LogP contribution is -2.50. The Hall–Kier alpha value is -2.47. The van der Waals surface area contributed by atoms with Crippen molar-refractivity contribution >= 4 is 10.9 Å². The molecule has 150 valence electrons. The number of phenols is 1. The Balaban J connectivity index is 1.95. The van der Waals surface area contributed by atoms with Crippen LogP contribution >= 0.6 is 0 Å². The third kappa shape index (κ3) is 3.87. The monoisotopic (exact) mass is 391 g/mol. The zero-order valence-corrected chi connectivity index (χ0v) is 16.1. The molecule has 0 fully saturated rings. The molecule has 3 nitrogen and oxygen atoms in total. The van der Waals surface area contributed by atoms with Gasteiger partial charge in [-0.3, -0.25) is 0 Å². The molecule has 0 spiro atoms. The van der Waals surface area contributed by atoms with E-state index in [1.807, 2.05) is 6.07 Å². The van der Waals surface area contributed by atoms with Gasteiger partial charge in [0.1, 0.15) is 5.75 Å². The van der Waals surface area contributed by atoms with Gasteiger partial charge in [-0.2, -0.15) is 13.2 Å². The van der Waals surface area contributed by atoms with Gasteiger partial charge in [-0.1, -0.05) is 44.2 Å². The number of nitrogens with one attached hydrogen (secondary N) is 1. The molecule has 1 atom stereocenters. The van der Waals surface area contributed by atoms with Crippen molar-refractivity contribution < 1.29 is 23.4 Å². The molecule has 0 radical (unpaired) electrons. The van der Waals surface area contributed by atoms with E-state index < -0.39 is 30.0 Å². The highest BCUT2D eigenvalue weighted by Gasteiger charge is 2.56. The predicted molar refractivity (Wildman–Crippen MR) is 103 cm³/mol. The minimum absolute atomic E-state index is 0.0248. The lowest BCUT2D eigenvalue weighted by molar-refractivity contribution is -0.266. The van der Waals surface area contributed by atoms with Crippen molar-refractivity contribution in [3.63, 3.8) is 0 Å². The maximum absolute atomic E-state index is 13.9. The maximum Gasteiger partial charge on any atom is 0.417 e. The SMILES string of the molecule is Cc1ccc(C(C)(C)CC(O)(Cc2cc3ccccc3[nH]2)C(F)(F)F)cc1O. The molecule has 1 aromatic heterocycles. The molecule has 0 aliphatic rings. The third-order valence-electron chi connectivity index (χ3n) is 5.32. The first-order valence-electron chi connectivity index (χ1n) is 9.07. The van der Waals surface area contributed by atoms with E-state index in [0.717, 1.165) is 10.9 Å². The number of para-hydroxylation sites is 1. The van der Waals surface area contributed by atoms with Crippen LogP contribution in [0.5, 0.6) is 5.75 Å². The molecule has 1 unspecified atom stereocenters. The van der Waals surface area contributed by atoms with Crippen LogP contribution in [0, 0.1) is 6.92 Å². The molecule has 0 aliphatic heterocycles. The quantitative estimate of drug-likeness (QED) is 0.546. The van der Waals surface area contributed by atoms with Crippen molar-refractivity contribution in [3.05, 3.63) is 65.4 Å². The predicted octanol–water partition coefficient (Wildman–Crippen LogP) is 5.39. The zero-order valence-electron chi connectivity index (χ0n) is 16.1. The van der Waals surface area contributed by atoms with E-state index in [9.17, 15) is 23.4 Å². The molecule has 1 heterocycles. The number of H-pyrrole nitrogens is 1. The van der Waals surface area contributed by atoms with E-state index >= 15 is 0 Å². The molecular formula is C22H24F3NO2. The number of aliphatic hydroxyl groups is 1. The van der Waals surface area contributed by atoms with Crippen molar-refractivity contribution in [1.82, 2.24) is 4.98 Å². The molecular weight excluding hydrogens is 367 g/mol. The van der Waals surface area contributed by atoms with Gasteiger partial charge in [0.25, 0.3) is 0 Å². The van der Waals surface area contributed by atoms with Gasteiger partial charge in [-0.05, 0) is 53.5 Å². The first-order chi connectivity index (χ1) is 12.9. The molecule has 28 heavy (non-hydrogen) atoms. The third-order valence-corrected chi connectivity index (χ3v) is 5.32. The first kappa shape index (κ1) is 20.3. The molecule has 2 aromatic carbocycles. The van der Waals surface area contributed by atoms with Gasteiger partial charge in [0.2, 0.25) is 0 Å². The minimum atomic E-state index is -4.81. The van der Waals surface area contributed by atoms with Crippen molar-refractivity contribution in [3.8, 4) is 5.75 Å². The number of rotatable bonds is 5. The highest BCUT2D eigenvalue weighted by molar-refractivity contribution is 5.80. The molecule has 6 heteroatoms. The van der Waals surface area contributed by atoms with Crippen molar-refractivity contribution in [2.24, 2.45) is 0 Å². The maximum atomic E-state index is 13.9. The molecule has 0 bridgehead atoms. The summed E-state index contributed by atoms with van der Waals surface area (Å²) in [5.74, 6) is 0.0248. The average molecular weight is 391 g/mol. The molecule has 0 saturated heterocycles. The van der Waals surface area contributed by atoms with Crippen LogP contribution < -0.4 is 0 Å². The van der Waals surface area contributed by atoms with Gasteiger partial charge in [0.05, 0.1) is 0 Å². The number of halogens is 3. The molecule has 3 rings (SSSR count). The standard InChI is InChI=1S/C22H24F3NO2/c1-14-8-9-16(11-19(14)27)20(2,3)13-21(28,22(23,24)25)12-17-10-15-6-4-5-7-18(15)26-17/h4-11,26-28H,12-13H2,1-3H3. The van der Waals surface area contributed by atoms with Crippen LogP contribution in [0.15, 0.2) is 48.5 Å². The number of phenolic OH excluding ortho intramolecular Hbond substituents is 1. The number of fused-ring (bicyclic) bond motifs is 1. The second-order valence-electron chi connectivity index (χ2n) is 8.15. The van der Waals surface area contributed by atoms with Crippen LogP contribution in [0.4, 0.5) is 13.2 Å². The summed E-state index contributed by atoms with van der Waals surface area (Å²) in [6.45, 7) is 4.99. The van der Waals surface area contributed by atoms with E-state index in [0.29, 0.717) is 16.8 Å². The number of aromatic hydroxyl groups is 1. The first-order valence-corrected chi connectivity index (χ1v) is 9.07. The summed E-state index contributed by atoms with van der Waals surface area (Å²) in [6, 6.07) is 13.7. The number of hydrogen-bond acceptors (Lipinski definition) is 2. The molecule has 0 saturated carbocycles. The van der Waals surface area contributed by atoms with Gasteiger partial charge in [0.15, 0.2) is 5.60 Å². The number of aromatic nitrogens is 1. The van der Waals surface area contributed by atoms with Gasteiger partial charge in [-0.15, -0.1) is 0 Å². The second kappa shape index (κ2) is 6.85. The van der Waals surface area contributed by atoms with E-state index in [1.165, 1.54) is 6.07 Å². The minimum Gasteiger partial charge on any atom is -0.508 e. The van der Waals surface area contributed by atoms with E-state index in [1.54, 1.807) is 57.2 Å². The van der Waals surface area contributed by atoms with Crippen LogP contribution in [0.3, 0.4) is 0 Å². The van der Waals surface area contributed by atoms with Crippen LogP contribution in [0.1, 0.15) is 37.1 Å². The van der Waals surface area contributed by atoms with Crippen LogP contribution in [-0.4, -0.2) is 27.0 Å². The summed E-state index contributed by atoms with van der Waals surface area (Å²) in [6.07, 6.45) is -5.93. The fraction of sp³-hybridized carbons (Fsp3) is 0.364. The Kier molecular flexibility index (Phi) is 4.96. The Labute approximate surface area is 161 Å². The summed E-state index contributed by atoms with van der Waals surface area (Å²) in [7, 11) is 0. The van der Waals surface area contributed by atoms with Gasteiger partial charge >= 0.3 is 6.18 Å². The normalized spacial score (nSPS) is 15.0.